The van der Waals surface area contributed by atoms with E-state index >= 15 is 0 Å². The van der Waals surface area contributed by atoms with Gasteiger partial charge in [0.25, 0.3) is 0 Å². The molecule has 1 aromatic carbocycles. The maximum Gasteiger partial charge on any atom is 0.317 e. The molecule has 1 aliphatic rings. The Kier molecular flexibility index (Phi) is 6.21. The Morgan fingerprint density at radius 3 is 2.78 bits per heavy atom. The maximum atomic E-state index is 13.3. The number of anilines is 1. The van der Waals surface area contributed by atoms with Crippen LogP contribution in [0.15, 0.2) is 24.3 Å². The molecule has 0 aliphatic carbocycles. The summed E-state index contributed by atoms with van der Waals surface area (Å²) >= 11 is 0. The van der Waals surface area contributed by atoms with Gasteiger partial charge in [0.05, 0.1) is 6.10 Å². The zero-order valence-electron chi connectivity index (χ0n) is 13.8. The van der Waals surface area contributed by atoms with Crippen molar-refractivity contribution >= 4 is 11.7 Å². The van der Waals surface area contributed by atoms with Crippen LogP contribution in [0.5, 0.6) is 0 Å². The van der Waals surface area contributed by atoms with Crippen molar-refractivity contribution in [1.82, 2.24) is 10.2 Å². The first-order valence-corrected chi connectivity index (χ1v) is 8.16. The average molecular weight is 323 g/mol. The maximum absolute atomic E-state index is 13.3. The van der Waals surface area contributed by atoms with Gasteiger partial charge in [0.15, 0.2) is 0 Å². The van der Waals surface area contributed by atoms with Crippen LogP contribution in [0.4, 0.5) is 14.9 Å². The average Bonchev–Trinajstić information content (AvgIpc) is 2.53. The number of hydrogen-bond donors (Lipinski definition) is 2. The largest absolute Gasteiger partial charge is 0.393 e. The van der Waals surface area contributed by atoms with E-state index in [1.807, 2.05) is 6.07 Å². The molecule has 1 atom stereocenters. The molecule has 2 amide bonds. The number of hydrogen-bond acceptors (Lipinski definition) is 3. The molecule has 6 heteroatoms. The highest BCUT2D eigenvalue weighted by molar-refractivity contribution is 5.74. The monoisotopic (exact) mass is 323 g/mol. The number of amides is 2. The second kappa shape index (κ2) is 8.15. The summed E-state index contributed by atoms with van der Waals surface area (Å²) in [4.78, 5) is 15.8. The lowest BCUT2D eigenvalue weighted by molar-refractivity contribution is 0.161. The van der Waals surface area contributed by atoms with Crippen LogP contribution in [-0.2, 0) is 0 Å². The fourth-order valence-corrected chi connectivity index (χ4v) is 2.72. The molecule has 23 heavy (non-hydrogen) atoms. The van der Waals surface area contributed by atoms with Crippen molar-refractivity contribution in [3.63, 3.8) is 0 Å². The molecule has 5 nitrogen and oxygen atoms in total. The molecule has 0 bridgehead atoms. The number of benzene rings is 1. The van der Waals surface area contributed by atoms with Crippen LogP contribution in [0.25, 0.3) is 0 Å². The summed E-state index contributed by atoms with van der Waals surface area (Å²) in [5, 5.41) is 12.3. The number of nitrogens with one attached hydrogen (secondary N) is 1. The van der Waals surface area contributed by atoms with E-state index in [0.29, 0.717) is 13.0 Å². The number of carbonyl (C=O) groups is 1. The highest BCUT2D eigenvalue weighted by atomic mass is 19.1. The van der Waals surface area contributed by atoms with Crippen molar-refractivity contribution in [3.8, 4) is 0 Å². The molecule has 1 unspecified atom stereocenters. The molecule has 0 saturated carbocycles. The van der Waals surface area contributed by atoms with E-state index in [9.17, 15) is 14.3 Å². The predicted octanol–water partition coefficient (Wildman–Crippen LogP) is 2.21. The first kappa shape index (κ1) is 17.5. The zero-order chi connectivity index (χ0) is 16.8. The topological polar surface area (TPSA) is 55.8 Å². The standard InChI is InChI=1S/C17H26FN3O2/c1-13(22)6-9-20(2)17(23)19-15-7-10-21(11-8-15)16-5-3-4-14(18)12-16/h3-5,12-13,15,22H,6-11H2,1-2H3,(H,19,23). The number of nitrogens with zero attached hydrogens (tertiary/aromatic N) is 2. The normalized spacial score (nSPS) is 17.0. The highest BCUT2D eigenvalue weighted by Crippen LogP contribution is 2.20. The van der Waals surface area contributed by atoms with Gasteiger partial charge >= 0.3 is 6.03 Å². The van der Waals surface area contributed by atoms with Crippen LogP contribution in [-0.4, -0.2) is 54.9 Å². The minimum Gasteiger partial charge on any atom is -0.393 e. The van der Waals surface area contributed by atoms with E-state index in [-0.39, 0.29) is 17.9 Å². The minimum atomic E-state index is -0.403. The van der Waals surface area contributed by atoms with Crippen molar-refractivity contribution in [3.05, 3.63) is 30.1 Å². The van der Waals surface area contributed by atoms with E-state index in [0.717, 1.165) is 31.6 Å². The van der Waals surface area contributed by atoms with Crippen molar-refractivity contribution in [2.24, 2.45) is 0 Å². The summed E-state index contributed by atoms with van der Waals surface area (Å²) in [5.41, 5.74) is 0.892. The van der Waals surface area contributed by atoms with Crippen LogP contribution < -0.4 is 10.2 Å². The minimum absolute atomic E-state index is 0.102. The Balaban J connectivity index is 1.77. The van der Waals surface area contributed by atoms with Gasteiger partial charge in [0.1, 0.15) is 5.82 Å². The summed E-state index contributed by atoms with van der Waals surface area (Å²) in [6.45, 7) is 3.84. The van der Waals surface area contributed by atoms with Gasteiger partial charge in [-0.05, 0) is 44.4 Å². The molecule has 1 fully saturated rings. The number of aliphatic hydroxyl groups excluding tert-OH is 1. The van der Waals surface area contributed by atoms with Gasteiger partial charge in [0.2, 0.25) is 0 Å². The Morgan fingerprint density at radius 2 is 2.17 bits per heavy atom. The molecule has 0 spiro atoms. The van der Waals surface area contributed by atoms with Crippen LogP contribution in [0.3, 0.4) is 0 Å². The zero-order valence-corrected chi connectivity index (χ0v) is 13.8. The quantitative estimate of drug-likeness (QED) is 0.873. The molecule has 2 rings (SSSR count). The SMILES string of the molecule is CC(O)CCN(C)C(=O)NC1CCN(c2cccc(F)c2)CC1. The van der Waals surface area contributed by atoms with E-state index in [4.69, 9.17) is 0 Å². The van der Waals surface area contributed by atoms with Crippen LogP contribution in [0.2, 0.25) is 0 Å². The molecule has 1 heterocycles. The predicted molar refractivity (Wildman–Crippen MR) is 89.1 cm³/mol. The second-order valence-electron chi connectivity index (χ2n) is 6.25. The number of aliphatic hydroxyl groups is 1. The van der Waals surface area contributed by atoms with Gasteiger partial charge in [-0.3, -0.25) is 0 Å². The molecular weight excluding hydrogens is 297 g/mol. The molecule has 1 aromatic rings. The van der Waals surface area contributed by atoms with Gasteiger partial charge in [-0.25, -0.2) is 9.18 Å². The van der Waals surface area contributed by atoms with Crippen molar-refractivity contribution in [2.75, 3.05) is 31.6 Å². The fraction of sp³-hybridized carbons (Fsp3) is 0.588. The Bertz CT molecular complexity index is 516. The number of piperidine rings is 1. The van der Waals surface area contributed by atoms with Crippen molar-refractivity contribution in [1.29, 1.82) is 0 Å². The summed E-state index contributed by atoms with van der Waals surface area (Å²) in [6.07, 6.45) is 1.85. The van der Waals surface area contributed by atoms with Gasteiger partial charge < -0.3 is 20.2 Å². The molecule has 128 valence electrons. The van der Waals surface area contributed by atoms with Gasteiger partial charge in [-0.1, -0.05) is 6.07 Å². The number of carbonyl (C=O) groups excluding carboxylic acids is 1. The van der Waals surface area contributed by atoms with Crippen molar-refractivity contribution in [2.45, 2.75) is 38.3 Å². The summed E-state index contributed by atoms with van der Waals surface area (Å²) in [6, 6.07) is 6.65. The van der Waals surface area contributed by atoms with Crippen LogP contribution >= 0.6 is 0 Å². The third kappa shape index (κ3) is 5.39. The summed E-state index contributed by atoms with van der Waals surface area (Å²) in [7, 11) is 1.74. The highest BCUT2D eigenvalue weighted by Gasteiger charge is 2.22. The lowest BCUT2D eigenvalue weighted by Gasteiger charge is -2.34. The molecule has 1 saturated heterocycles. The summed E-state index contributed by atoms with van der Waals surface area (Å²) < 4.78 is 13.3. The second-order valence-corrected chi connectivity index (χ2v) is 6.25. The first-order valence-electron chi connectivity index (χ1n) is 8.16. The number of halogens is 1. The van der Waals surface area contributed by atoms with Gasteiger partial charge in [-0.15, -0.1) is 0 Å². The lowest BCUT2D eigenvalue weighted by Crippen LogP contribution is -2.48. The molecule has 0 aromatic heterocycles. The van der Waals surface area contributed by atoms with E-state index in [1.165, 1.54) is 6.07 Å². The Morgan fingerprint density at radius 1 is 1.48 bits per heavy atom. The first-order chi connectivity index (χ1) is 11.0. The molecular formula is C17H26FN3O2. The van der Waals surface area contributed by atoms with E-state index in [1.54, 1.807) is 31.0 Å². The van der Waals surface area contributed by atoms with Crippen molar-refractivity contribution < 1.29 is 14.3 Å². The van der Waals surface area contributed by atoms with Crippen LogP contribution in [0, 0.1) is 5.82 Å². The summed E-state index contributed by atoms with van der Waals surface area (Å²) in [5.74, 6) is -0.224. The van der Waals surface area contributed by atoms with Crippen LogP contribution in [0.1, 0.15) is 26.2 Å². The third-order valence-corrected chi connectivity index (χ3v) is 4.22. The van der Waals surface area contributed by atoms with Gasteiger partial charge in [0, 0.05) is 38.4 Å². The van der Waals surface area contributed by atoms with Gasteiger partial charge in [-0.2, -0.15) is 0 Å². The van der Waals surface area contributed by atoms with E-state index in [2.05, 4.69) is 10.2 Å². The molecule has 1 aliphatic heterocycles. The molecule has 0 radical (unpaired) electrons. The Labute approximate surface area is 137 Å². The third-order valence-electron chi connectivity index (χ3n) is 4.22. The molecule has 2 N–H and O–H groups in total. The smallest absolute Gasteiger partial charge is 0.317 e. The Hall–Kier alpha value is -1.82. The fourth-order valence-electron chi connectivity index (χ4n) is 2.72. The number of urea groups is 1. The lowest BCUT2D eigenvalue weighted by atomic mass is 10.0. The number of rotatable bonds is 5. The van der Waals surface area contributed by atoms with E-state index < -0.39 is 6.10 Å².